The largest absolute Gasteiger partial charge is 0.507 e. The molecule has 2 heterocycles. The Hall–Kier alpha value is -2.50. The second-order valence-electron chi connectivity index (χ2n) is 7.24. The number of hydrogen-bond acceptors (Lipinski definition) is 4. The molecule has 2 aromatic carbocycles. The average Bonchev–Trinajstić information content (AvgIpc) is 3.20. The molecule has 0 radical (unpaired) electrons. The molecule has 1 aliphatic heterocycles. The van der Waals surface area contributed by atoms with Gasteiger partial charge in [0.25, 0.3) is 0 Å². The van der Waals surface area contributed by atoms with Crippen LogP contribution in [0.2, 0.25) is 5.02 Å². The van der Waals surface area contributed by atoms with Crippen LogP contribution >= 0.6 is 11.6 Å². The number of nitrogens with one attached hydrogen (secondary N) is 1. The second-order valence-corrected chi connectivity index (χ2v) is 7.67. The van der Waals surface area contributed by atoms with Crippen LogP contribution in [0.15, 0.2) is 48.7 Å². The van der Waals surface area contributed by atoms with Gasteiger partial charge in [-0.05, 0) is 49.2 Å². The molecule has 28 heavy (non-hydrogen) atoms. The van der Waals surface area contributed by atoms with Crippen molar-refractivity contribution in [2.24, 2.45) is 0 Å². The third kappa shape index (κ3) is 3.86. The first-order chi connectivity index (χ1) is 13.7. The molecule has 2 N–H and O–H groups in total. The summed E-state index contributed by atoms with van der Waals surface area (Å²) in [5, 5.41) is 18.5. The van der Waals surface area contributed by atoms with Crippen LogP contribution in [-0.2, 0) is 6.54 Å². The van der Waals surface area contributed by atoms with E-state index in [1.54, 1.807) is 19.2 Å². The summed E-state index contributed by atoms with van der Waals surface area (Å²) >= 11 is 6.03. The summed E-state index contributed by atoms with van der Waals surface area (Å²) in [6.07, 6.45) is 4.10. The van der Waals surface area contributed by atoms with Crippen molar-refractivity contribution < 1.29 is 9.84 Å². The van der Waals surface area contributed by atoms with Crippen LogP contribution in [0.4, 0.5) is 0 Å². The molecular formula is C22H24ClN3O2. The summed E-state index contributed by atoms with van der Waals surface area (Å²) in [4.78, 5) is 2.37. The molecule has 3 aromatic rings. The van der Waals surface area contributed by atoms with Gasteiger partial charge in [0.15, 0.2) is 0 Å². The number of aromatic nitrogens is 2. The van der Waals surface area contributed by atoms with E-state index >= 15 is 0 Å². The van der Waals surface area contributed by atoms with E-state index in [-0.39, 0.29) is 5.75 Å². The summed E-state index contributed by atoms with van der Waals surface area (Å²) in [7, 11) is 1.64. The lowest BCUT2D eigenvalue weighted by Crippen LogP contribution is -2.34. The van der Waals surface area contributed by atoms with Gasteiger partial charge in [-0.3, -0.25) is 10.00 Å². The van der Waals surface area contributed by atoms with Gasteiger partial charge in [-0.2, -0.15) is 5.10 Å². The van der Waals surface area contributed by atoms with Gasteiger partial charge in [0.2, 0.25) is 0 Å². The first kappa shape index (κ1) is 18.8. The molecule has 1 atom stereocenters. The minimum atomic E-state index is 0.282. The van der Waals surface area contributed by atoms with Gasteiger partial charge >= 0.3 is 0 Å². The number of piperidine rings is 1. The highest BCUT2D eigenvalue weighted by Crippen LogP contribution is 2.35. The molecule has 0 amide bonds. The maximum Gasteiger partial charge on any atom is 0.127 e. The second kappa shape index (κ2) is 8.25. The Kier molecular flexibility index (Phi) is 5.55. The number of H-pyrrole nitrogens is 1. The number of ether oxygens (including phenoxy) is 1. The Balaban J connectivity index is 1.54. The number of methoxy groups -OCH3 is 1. The smallest absolute Gasteiger partial charge is 0.127 e. The van der Waals surface area contributed by atoms with Gasteiger partial charge in [-0.25, -0.2) is 0 Å². The predicted octanol–water partition coefficient (Wildman–Crippen LogP) is 4.82. The Bertz CT molecular complexity index is 939. The number of aromatic hydroxyl groups is 1. The van der Waals surface area contributed by atoms with Gasteiger partial charge in [-0.15, -0.1) is 0 Å². The van der Waals surface area contributed by atoms with E-state index in [0.717, 1.165) is 59.1 Å². The molecule has 6 heteroatoms. The number of rotatable bonds is 5. The molecule has 4 rings (SSSR count). The van der Waals surface area contributed by atoms with Crippen LogP contribution in [-0.4, -0.2) is 40.4 Å². The number of hydrogen-bond donors (Lipinski definition) is 2. The number of aromatic amines is 1. The minimum Gasteiger partial charge on any atom is -0.507 e. The third-order valence-electron chi connectivity index (χ3n) is 5.45. The molecular weight excluding hydrogens is 374 g/mol. The monoisotopic (exact) mass is 397 g/mol. The highest BCUT2D eigenvalue weighted by atomic mass is 35.5. The van der Waals surface area contributed by atoms with Crippen molar-refractivity contribution in [2.75, 3.05) is 20.2 Å². The lowest BCUT2D eigenvalue weighted by molar-refractivity contribution is 0.194. The van der Waals surface area contributed by atoms with Crippen molar-refractivity contribution >= 4 is 11.6 Å². The Labute approximate surface area is 169 Å². The number of phenols is 1. The molecule has 0 aliphatic carbocycles. The fourth-order valence-electron chi connectivity index (χ4n) is 4.03. The summed E-state index contributed by atoms with van der Waals surface area (Å²) in [5.74, 6) is 1.37. The first-order valence-electron chi connectivity index (χ1n) is 9.52. The van der Waals surface area contributed by atoms with Gasteiger partial charge in [0.1, 0.15) is 11.5 Å². The molecule has 1 aromatic heterocycles. The molecule has 1 aliphatic rings. The van der Waals surface area contributed by atoms with Crippen molar-refractivity contribution in [1.29, 1.82) is 0 Å². The molecule has 5 nitrogen and oxygen atoms in total. The molecule has 1 fully saturated rings. The lowest BCUT2D eigenvalue weighted by atomic mass is 9.90. The van der Waals surface area contributed by atoms with E-state index in [2.05, 4.69) is 15.1 Å². The summed E-state index contributed by atoms with van der Waals surface area (Å²) in [5.41, 5.74) is 4.25. The normalized spacial score (nSPS) is 17.6. The van der Waals surface area contributed by atoms with Crippen molar-refractivity contribution in [3.8, 4) is 22.6 Å². The van der Waals surface area contributed by atoms with Gasteiger partial charge < -0.3 is 9.84 Å². The standard InChI is InChI=1S/C22H24ClN3O2/c1-28-21-6-2-5-20(27)19(21)14-26-11-3-4-16(13-26)22-18(12-24-25-22)15-7-9-17(23)10-8-15/h2,5-10,12,16,27H,3-4,11,13-14H2,1H3,(H,24,25). The molecule has 1 unspecified atom stereocenters. The topological polar surface area (TPSA) is 61.4 Å². The van der Waals surface area contributed by atoms with Gasteiger partial charge in [0, 0.05) is 40.9 Å². The van der Waals surface area contributed by atoms with E-state index in [1.807, 2.05) is 36.5 Å². The molecule has 146 valence electrons. The van der Waals surface area contributed by atoms with Crippen molar-refractivity contribution in [3.63, 3.8) is 0 Å². The zero-order valence-corrected chi connectivity index (χ0v) is 16.6. The highest BCUT2D eigenvalue weighted by molar-refractivity contribution is 6.30. The maximum atomic E-state index is 10.3. The quantitative estimate of drug-likeness (QED) is 0.647. The molecule has 0 spiro atoms. The first-order valence-corrected chi connectivity index (χ1v) is 9.90. The van der Waals surface area contributed by atoms with Gasteiger partial charge in [0.05, 0.1) is 13.3 Å². The van der Waals surface area contributed by atoms with Crippen LogP contribution in [0.25, 0.3) is 11.1 Å². The van der Waals surface area contributed by atoms with Crippen molar-refractivity contribution in [2.45, 2.75) is 25.3 Å². The average molecular weight is 398 g/mol. The van der Waals surface area contributed by atoms with E-state index < -0.39 is 0 Å². The van der Waals surface area contributed by atoms with Crippen LogP contribution in [0.3, 0.4) is 0 Å². The zero-order chi connectivity index (χ0) is 19.5. The Morgan fingerprint density at radius 1 is 1.25 bits per heavy atom. The van der Waals surface area contributed by atoms with E-state index in [4.69, 9.17) is 16.3 Å². The Morgan fingerprint density at radius 3 is 2.86 bits per heavy atom. The van der Waals surface area contributed by atoms with Crippen LogP contribution in [0.1, 0.15) is 30.0 Å². The summed E-state index contributed by atoms with van der Waals surface area (Å²) < 4.78 is 5.44. The van der Waals surface area contributed by atoms with E-state index in [0.29, 0.717) is 12.5 Å². The third-order valence-corrected chi connectivity index (χ3v) is 5.70. The van der Waals surface area contributed by atoms with Crippen molar-refractivity contribution in [1.82, 2.24) is 15.1 Å². The number of nitrogens with zero attached hydrogens (tertiary/aromatic N) is 2. The number of benzene rings is 2. The molecule has 1 saturated heterocycles. The molecule has 0 saturated carbocycles. The maximum absolute atomic E-state index is 10.3. The summed E-state index contributed by atoms with van der Waals surface area (Å²) in [6.45, 7) is 2.56. The molecule has 0 bridgehead atoms. The number of phenolic OH excluding ortho intramolecular Hbond substituents is 1. The van der Waals surface area contributed by atoms with Crippen molar-refractivity contribution in [3.05, 3.63) is 64.9 Å². The summed E-state index contributed by atoms with van der Waals surface area (Å²) in [6, 6.07) is 13.3. The number of likely N-dealkylation sites (tertiary alicyclic amines) is 1. The SMILES string of the molecule is COc1cccc(O)c1CN1CCCC(c2[nH]ncc2-c2ccc(Cl)cc2)C1. The fraction of sp³-hybridized carbons (Fsp3) is 0.318. The van der Waals surface area contributed by atoms with Crippen LogP contribution in [0.5, 0.6) is 11.5 Å². The van der Waals surface area contributed by atoms with Gasteiger partial charge in [-0.1, -0.05) is 29.8 Å². The lowest BCUT2D eigenvalue weighted by Gasteiger charge is -2.33. The zero-order valence-electron chi connectivity index (χ0n) is 15.9. The number of halogens is 1. The van der Waals surface area contributed by atoms with Crippen LogP contribution < -0.4 is 4.74 Å². The van der Waals surface area contributed by atoms with E-state index in [1.165, 1.54) is 0 Å². The fourth-order valence-corrected chi connectivity index (χ4v) is 4.16. The minimum absolute atomic E-state index is 0.282. The van der Waals surface area contributed by atoms with E-state index in [9.17, 15) is 5.11 Å². The Morgan fingerprint density at radius 2 is 2.07 bits per heavy atom. The van der Waals surface area contributed by atoms with Crippen LogP contribution in [0, 0.1) is 0 Å². The predicted molar refractivity (Wildman–Crippen MR) is 111 cm³/mol. The highest BCUT2D eigenvalue weighted by Gasteiger charge is 2.26.